The van der Waals surface area contributed by atoms with Gasteiger partial charge in [0.1, 0.15) is 14.8 Å². The third-order valence-electron chi connectivity index (χ3n) is 2.46. The lowest BCUT2D eigenvalue weighted by molar-refractivity contribution is 0.0833. The van der Waals surface area contributed by atoms with Gasteiger partial charge in [-0.3, -0.25) is 4.79 Å². The van der Waals surface area contributed by atoms with Crippen molar-refractivity contribution in [1.29, 1.82) is 0 Å². The molecule has 1 rings (SSSR count). The van der Waals surface area contributed by atoms with Gasteiger partial charge in [0.2, 0.25) is 0 Å². The van der Waals surface area contributed by atoms with Crippen LogP contribution in [-0.4, -0.2) is 59.8 Å². The molecule has 0 unspecified atom stereocenters. The first kappa shape index (κ1) is 16.7. The zero-order chi connectivity index (χ0) is 15.5. The monoisotopic (exact) mass is 321 g/mol. The highest BCUT2D eigenvalue weighted by atomic mass is 32.2. The fourth-order valence-electron chi connectivity index (χ4n) is 1.54. The maximum Gasteiger partial charge on any atom is 0.265 e. The fourth-order valence-corrected chi connectivity index (χ4v) is 4.16. The number of ether oxygens (including phenoxy) is 1. The lowest BCUT2D eigenvalue weighted by Crippen LogP contribution is -2.21. The summed E-state index contributed by atoms with van der Waals surface area (Å²) < 4.78 is 28.6. The van der Waals surface area contributed by atoms with E-state index in [0.717, 1.165) is 17.6 Å². The van der Waals surface area contributed by atoms with E-state index in [1.807, 2.05) is 0 Å². The second kappa shape index (κ2) is 6.42. The van der Waals surface area contributed by atoms with Gasteiger partial charge in [0.15, 0.2) is 9.84 Å². The zero-order valence-electron chi connectivity index (χ0n) is 11.9. The third kappa shape index (κ3) is 3.62. The number of nitrogens with one attached hydrogen (secondary N) is 1. The quantitative estimate of drug-likeness (QED) is 0.740. The van der Waals surface area contributed by atoms with Gasteiger partial charge in [0.05, 0.1) is 12.3 Å². The number of hydrogen-bond donors (Lipinski definition) is 2. The number of amides is 1. The molecule has 9 heteroatoms. The number of carbonyl (C=O) groups excluding carboxylic acids is 1. The molecule has 3 N–H and O–H groups in total. The summed E-state index contributed by atoms with van der Waals surface area (Å²) in [5.41, 5.74) is 5.84. The number of methoxy groups -OCH3 is 1. The summed E-state index contributed by atoms with van der Waals surface area (Å²) >= 11 is 1.04. The van der Waals surface area contributed by atoms with E-state index in [9.17, 15) is 13.2 Å². The van der Waals surface area contributed by atoms with Crippen LogP contribution >= 0.6 is 11.3 Å². The van der Waals surface area contributed by atoms with Crippen molar-refractivity contribution < 1.29 is 17.9 Å². The van der Waals surface area contributed by atoms with Crippen LogP contribution in [0.4, 0.5) is 10.7 Å². The van der Waals surface area contributed by atoms with Crippen LogP contribution in [0.25, 0.3) is 0 Å². The number of nitrogens with zero attached hydrogens (tertiary/aromatic N) is 1. The average molecular weight is 321 g/mol. The van der Waals surface area contributed by atoms with Gasteiger partial charge in [0.25, 0.3) is 5.91 Å². The standard InChI is InChI=1S/C11H19N3O4S2/c1-14(2)11(15)8-7(12)9(20(4,16)17)10(19-8)13-5-6-18-3/h13H,5-6,12H2,1-4H3. The summed E-state index contributed by atoms with van der Waals surface area (Å²) in [6, 6.07) is 0. The molecule has 20 heavy (non-hydrogen) atoms. The number of carbonyl (C=O) groups is 1. The Balaban J connectivity index is 3.28. The fraction of sp³-hybridized carbons (Fsp3) is 0.545. The molecular formula is C11H19N3O4S2. The Bertz CT molecular complexity index is 593. The Kier molecular flexibility index (Phi) is 5.37. The number of nitrogen functional groups attached to an aromatic ring is 1. The minimum Gasteiger partial charge on any atom is -0.396 e. The molecule has 1 heterocycles. The second-order valence-electron chi connectivity index (χ2n) is 4.39. The highest BCUT2D eigenvalue weighted by molar-refractivity contribution is 7.91. The van der Waals surface area contributed by atoms with Crippen molar-refractivity contribution in [2.75, 3.05) is 51.7 Å². The van der Waals surface area contributed by atoms with Crippen molar-refractivity contribution in [2.24, 2.45) is 0 Å². The molecule has 1 amide bonds. The molecule has 0 bridgehead atoms. The molecule has 114 valence electrons. The molecule has 0 fully saturated rings. The first-order valence-corrected chi connectivity index (χ1v) is 8.47. The summed E-state index contributed by atoms with van der Waals surface area (Å²) in [6.07, 6.45) is 1.07. The first-order chi connectivity index (χ1) is 9.20. The maximum atomic E-state index is 12.0. The summed E-state index contributed by atoms with van der Waals surface area (Å²) in [4.78, 5) is 13.5. The van der Waals surface area contributed by atoms with E-state index in [-0.39, 0.29) is 21.4 Å². The minimum absolute atomic E-state index is 0.00360. The van der Waals surface area contributed by atoms with Crippen LogP contribution in [0.15, 0.2) is 4.90 Å². The number of sulfone groups is 1. The van der Waals surface area contributed by atoms with E-state index in [1.54, 1.807) is 21.2 Å². The van der Waals surface area contributed by atoms with Gasteiger partial charge >= 0.3 is 0 Å². The Morgan fingerprint density at radius 2 is 2.05 bits per heavy atom. The van der Waals surface area contributed by atoms with Gasteiger partial charge in [-0.25, -0.2) is 8.42 Å². The summed E-state index contributed by atoms with van der Waals surface area (Å²) in [6.45, 7) is 0.840. The Morgan fingerprint density at radius 1 is 1.45 bits per heavy atom. The van der Waals surface area contributed by atoms with Crippen molar-refractivity contribution in [3.63, 3.8) is 0 Å². The molecule has 0 saturated carbocycles. The molecule has 0 aliphatic carbocycles. The molecule has 0 aromatic carbocycles. The van der Waals surface area contributed by atoms with Crippen LogP contribution in [0.5, 0.6) is 0 Å². The minimum atomic E-state index is -3.53. The Labute approximate surface area is 122 Å². The SMILES string of the molecule is COCCNc1sc(C(=O)N(C)C)c(N)c1S(C)(=O)=O. The van der Waals surface area contributed by atoms with Crippen molar-refractivity contribution in [1.82, 2.24) is 4.90 Å². The predicted octanol–water partition coefficient (Wildman–Crippen LogP) is 0.494. The van der Waals surface area contributed by atoms with Crippen molar-refractivity contribution >= 4 is 37.8 Å². The van der Waals surface area contributed by atoms with E-state index in [4.69, 9.17) is 10.5 Å². The van der Waals surface area contributed by atoms with Gasteiger partial charge in [0, 0.05) is 34.0 Å². The van der Waals surface area contributed by atoms with Crippen LogP contribution in [0.1, 0.15) is 9.67 Å². The Hall–Kier alpha value is -1.32. The van der Waals surface area contributed by atoms with Gasteiger partial charge in [-0.1, -0.05) is 0 Å². The van der Waals surface area contributed by atoms with Crippen LogP contribution in [0.2, 0.25) is 0 Å². The molecule has 0 spiro atoms. The van der Waals surface area contributed by atoms with E-state index >= 15 is 0 Å². The van der Waals surface area contributed by atoms with Crippen LogP contribution in [0, 0.1) is 0 Å². The summed E-state index contributed by atoms with van der Waals surface area (Å²) in [7, 11) is 1.18. The number of nitrogens with two attached hydrogens (primary N) is 1. The van der Waals surface area contributed by atoms with Gasteiger partial charge in [-0.05, 0) is 0 Å². The molecule has 1 aromatic rings. The largest absolute Gasteiger partial charge is 0.396 e. The summed E-state index contributed by atoms with van der Waals surface area (Å²) in [5, 5.41) is 3.31. The maximum absolute atomic E-state index is 12.0. The van der Waals surface area contributed by atoms with E-state index in [2.05, 4.69) is 5.32 Å². The number of anilines is 2. The van der Waals surface area contributed by atoms with E-state index in [1.165, 1.54) is 4.90 Å². The van der Waals surface area contributed by atoms with E-state index < -0.39 is 9.84 Å². The number of rotatable bonds is 6. The predicted molar refractivity (Wildman–Crippen MR) is 80.2 cm³/mol. The smallest absolute Gasteiger partial charge is 0.265 e. The second-order valence-corrected chi connectivity index (χ2v) is 7.37. The topological polar surface area (TPSA) is 102 Å². The molecule has 0 aliphatic rings. The number of hydrogen-bond acceptors (Lipinski definition) is 7. The molecule has 1 aromatic heterocycles. The lowest BCUT2D eigenvalue weighted by Gasteiger charge is -2.08. The van der Waals surface area contributed by atoms with Gasteiger partial charge in [-0.2, -0.15) is 0 Å². The highest BCUT2D eigenvalue weighted by Gasteiger charge is 2.27. The molecule has 0 saturated heterocycles. The molecular weight excluding hydrogens is 302 g/mol. The van der Waals surface area contributed by atoms with Gasteiger partial charge < -0.3 is 20.7 Å². The first-order valence-electron chi connectivity index (χ1n) is 5.77. The van der Waals surface area contributed by atoms with Crippen molar-refractivity contribution in [2.45, 2.75) is 4.90 Å². The number of thiophene rings is 1. The Morgan fingerprint density at radius 3 is 2.50 bits per heavy atom. The highest BCUT2D eigenvalue weighted by Crippen LogP contribution is 2.39. The molecule has 7 nitrogen and oxygen atoms in total. The van der Waals surface area contributed by atoms with Crippen LogP contribution in [-0.2, 0) is 14.6 Å². The molecule has 0 radical (unpaired) electrons. The normalized spacial score (nSPS) is 11.4. The van der Waals surface area contributed by atoms with Crippen molar-refractivity contribution in [3.05, 3.63) is 4.88 Å². The van der Waals surface area contributed by atoms with Crippen LogP contribution in [0.3, 0.4) is 0 Å². The molecule has 0 aliphatic heterocycles. The third-order valence-corrected chi connectivity index (χ3v) is 4.91. The summed E-state index contributed by atoms with van der Waals surface area (Å²) in [5.74, 6) is -0.322. The van der Waals surface area contributed by atoms with Crippen LogP contribution < -0.4 is 11.1 Å². The molecule has 0 atom stereocenters. The van der Waals surface area contributed by atoms with Gasteiger partial charge in [-0.15, -0.1) is 11.3 Å². The van der Waals surface area contributed by atoms with Crippen molar-refractivity contribution in [3.8, 4) is 0 Å². The average Bonchev–Trinajstić information content (AvgIpc) is 2.65. The van der Waals surface area contributed by atoms with E-state index in [0.29, 0.717) is 18.2 Å². The zero-order valence-corrected chi connectivity index (χ0v) is 13.5. The lowest BCUT2D eigenvalue weighted by atomic mass is 10.3.